The van der Waals surface area contributed by atoms with Gasteiger partial charge in [-0.3, -0.25) is 33.6 Å². The summed E-state index contributed by atoms with van der Waals surface area (Å²) in [5, 5.41) is 29.9. The van der Waals surface area contributed by atoms with Crippen LogP contribution in [0.4, 0.5) is 0 Å². The van der Waals surface area contributed by atoms with Crippen molar-refractivity contribution < 1.29 is 53.1 Å². The van der Waals surface area contributed by atoms with Crippen LogP contribution in [0.5, 0.6) is 0 Å². The number of likely N-dealkylation sites (tertiary alicyclic amines) is 1. The average molecular weight is 915 g/mol. The summed E-state index contributed by atoms with van der Waals surface area (Å²) in [4.78, 5) is 93.0. The van der Waals surface area contributed by atoms with Crippen molar-refractivity contribution in [2.24, 2.45) is 33.8 Å². The molecule has 2 bridgehead atoms. The van der Waals surface area contributed by atoms with E-state index in [-0.39, 0.29) is 41.2 Å². The molecule has 3 saturated carbocycles. The van der Waals surface area contributed by atoms with Gasteiger partial charge in [-0.2, -0.15) is 0 Å². The summed E-state index contributed by atoms with van der Waals surface area (Å²) in [5.74, 6) is -7.57. The highest BCUT2D eigenvalue weighted by molar-refractivity contribution is 6.48. The Morgan fingerprint density at radius 1 is 0.859 bits per heavy atom. The first-order chi connectivity index (χ1) is 29.7. The molecule has 5 fully saturated rings. The van der Waals surface area contributed by atoms with E-state index in [9.17, 15) is 38.7 Å². The second kappa shape index (κ2) is 19.7. The van der Waals surface area contributed by atoms with E-state index in [1.165, 1.54) is 4.90 Å². The zero-order chi connectivity index (χ0) is 47.7. The highest BCUT2D eigenvalue weighted by Gasteiger charge is 2.79. The van der Waals surface area contributed by atoms with E-state index in [0.29, 0.717) is 30.7 Å². The predicted octanol–water partition coefficient (Wildman–Crippen LogP) is 3.23. The molecule has 10 atom stereocenters. The summed E-state index contributed by atoms with van der Waals surface area (Å²) in [5.41, 5.74) is 6.04. The number of nitrogens with two attached hydrogens (primary N) is 1. The molecule has 2 aliphatic heterocycles. The molecule has 354 valence electrons. The fourth-order valence-electron chi connectivity index (χ4n) is 10.5. The number of hydrogen-bond acceptors (Lipinski definition) is 10. The van der Waals surface area contributed by atoms with Crippen LogP contribution in [0.1, 0.15) is 119 Å². The summed E-state index contributed by atoms with van der Waals surface area (Å²) in [6, 6.07) is 1.37. The second-order valence-corrected chi connectivity index (χ2v) is 20.7. The Balaban J connectivity index is 1.30. The number of aliphatic carboxylic acids is 2. The van der Waals surface area contributed by atoms with Crippen LogP contribution in [0.25, 0.3) is 0 Å². The Bertz CT molecular complexity index is 1950. The predicted molar refractivity (Wildman–Crippen MR) is 238 cm³/mol. The molecule has 1 aromatic carbocycles. The van der Waals surface area contributed by atoms with E-state index in [0.717, 1.165) is 18.4 Å². The topological polar surface area (TPSA) is 256 Å². The van der Waals surface area contributed by atoms with Gasteiger partial charge in [0.05, 0.1) is 30.1 Å². The van der Waals surface area contributed by atoms with E-state index in [4.69, 9.17) is 31.7 Å². The van der Waals surface area contributed by atoms with Crippen molar-refractivity contribution in [3.05, 3.63) is 34.9 Å². The molecule has 8 N–H and O–H groups in total. The van der Waals surface area contributed by atoms with E-state index in [2.05, 4.69) is 55.9 Å². The van der Waals surface area contributed by atoms with E-state index < -0.39 is 109 Å². The summed E-state index contributed by atoms with van der Waals surface area (Å²) >= 11 is 6.18. The third kappa shape index (κ3) is 10.2. The number of carboxylic acid groups (broad SMARTS) is 2. The Labute approximate surface area is 381 Å². The standard InChI is InChI=1S/C45H68BClN6O11/c1-24(2)35(51-38(59)29(17-19-33(54)55)49-37(58)28(48)21-34(56)57)40(61)52-36(25(3)4)41(62)53-20-10-11-30(53)39(60)50-32(18-14-26-12-15-27(47)16-13-26)46-63-31-22-43(7)23-44(8,42(43,5)6)45(31,9)64-46/h12-13,15-16,24-25,28-32,35-36H,10-11,14,17-23,48H2,1-9H3,(H,49,58)(H,50,60)(H,51,59)(H,52,61)(H,54,55)(H,56,57)/t28-,29-,30-,31-,32-,35-,36-,43+,44-,45-/m0/s1. The normalized spacial score (nSPS) is 28.0. The summed E-state index contributed by atoms with van der Waals surface area (Å²) in [6.07, 6.45) is 2.07. The number of rotatable bonds is 20. The zero-order valence-corrected chi connectivity index (χ0v) is 39.4. The largest absolute Gasteiger partial charge is 0.481 e. The SMILES string of the molecule is CC(C)[C@H](NC(=O)[C@H](CCC(=O)O)NC(=O)[C@@H](N)CC(=O)O)C(=O)N[C@H](C(=O)N1CCC[C@H]1C(=O)N[C@@H](CCc1ccc(Cl)cc1)B1O[C@H]2C[C@]3(C)C[C@@](C)(C3(C)C)[C@@]2(C)O1)C(C)C. The number of carbonyl (C=O) groups excluding carboxylic acids is 5. The average Bonchev–Trinajstić information content (AvgIpc) is 3.84. The Morgan fingerprint density at radius 2 is 1.48 bits per heavy atom. The summed E-state index contributed by atoms with van der Waals surface area (Å²) in [7, 11) is -0.739. The number of amides is 5. The third-order valence-electron chi connectivity index (χ3n) is 15.3. The molecule has 3 aliphatic carbocycles. The van der Waals surface area contributed by atoms with E-state index in [1.807, 2.05) is 24.3 Å². The molecule has 0 spiro atoms. The zero-order valence-electron chi connectivity index (χ0n) is 38.6. The lowest BCUT2D eigenvalue weighted by atomic mass is 9.29. The van der Waals surface area contributed by atoms with Crippen LogP contribution in [0, 0.1) is 28.1 Å². The van der Waals surface area contributed by atoms with Gasteiger partial charge in [0.15, 0.2) is 0 Å². The number of benzene rings is 1. The number of carboxylic acids is 2. The molecule has 6 rings (SSSR count). The van der Waals surface area contributed by atoms with Gasteiger partial charge in [0.25, 0.3) is 0 Å². The first-order valence-corrected chi connectivity index (χ1v) is 22.9. The van der Waals surface area contributed by atoms with Crippen molar-refractivity contribution in [2.75, 3.05) is 6.54 Å². The van der Waals surface area contributed by atoms with Crippen LogP contribution >= 0.6 is 11.6 Å². The number of aryl methyl sites for hydroxylation is 1. The van der Waals surface area contributed by atoms with Crippen LogP contribution in [0.3, 0.4) is 0 Å². The van der Waals surface area contributed by atoms with Crippen LogP contribution in [0.2, 0.25) is 5.02 Å². The molecule has 2 heterocycles. The number of carbonyl (C=O) groups is 7. The van der Waals surface area contributed by atoms with Crippen molar-refractivity contribution in [1.29, 1.82) is 0 Å². The fraction of sp³-hybridized carbons (Fsp3) is 0.711. The van der Waals surface area contributed by atoms with Crippen molar-refractivity contribution in [1.82, 2.24) is 26.2 Å². The molecule has 64 heavy (non-hydrogen) atoms. The van der Waals surface area contributed by atoms with Gasteiger partial charge >= 0.3 is 19.1 Å². The van der Waals surface area contributed by atoms with Gasteiger partial charge in [-0.25, -0.2) is 0 Å². The van der Waals surface area contributed by atoms with E-state index in [1.54, 1.807) is 27.7 Å². The molecular weight excluding hydrogens is 847 g/mol. The van der Waals surface area contributed by atoms with Crippen LogP contribution in [-0.4, -0.2) is 118 Å². The fourth-order valence-corrected chi connectivity index (χ4v) is 10.6. The van der Waals surface area contributed by atoms with Gasteiger partial charge in [0, 0.05) is 23.4 Å². The van der Waals surface area contributed by atoms with E-state index >= 15 is 0 Å². The van der Waals surface area contributed by atoms with Crippen molar-refractivity contribution >= 4 is 60.2 Å². The highest BCUT2D eigenvalue weighted by atomic mass is 35.5. The smallest absolute Gasteiger partial charge is 0.481 e. The molecule has 17 nitrogen and oxygen atoms in total. The monoisotopic (exact) mass is 914 g/mol. The minimum atomic E-state index is -1.51. The van der Waals surface area contributed by atoms with Gasteiger partial charge in [-0.1, -0.05) is 79.1 Å². The quantitative estimate of drug-likeness (QED) is 0.0932. The second-order valence-electron chi connectivity index (χ2n) is 20.2. The maximum atomic E-state index is 14.5. The first-order valence-electron chi connectivity index (χ1n) is 22.5. The molecule has 0 aromatic heterocycles. The van der Waals surface area contributed by atoms with Crippen molar-refractivity contribution in [2.45, 2.75) is 168 Å². The molecule has 1 aromatic rings. The molecule has 5 amide bonds. The van der Waals surface area contributed by atoms with Crippen molar-refractivity contribution in [3.8, 4) is 0 Å². The maximum Gasteiger partial charge on any atom is 0.481 e. The minimum absolute atomic E-state index is 0.000585. The molecule has 0 radical (unpaired) electrons. The molecular formula is C45H68BClN6O11. The molecule has 5 aliphatic rings. The number of hydrogen-bond donors (Lipinski definition) is 7. The summed E-state index contributed by atoms with van der Waals surface area (Å²) in [6.45, 7) is 18.4. The molecule has 2 saturated heterocycles. The van der Waals surface area contributed by atoms with Crippen LogP contribution < -0.4 is 27.0 Å². The van der Waals surface area contributed by atoms with Gasteiger partial charge in [-0.05, 0) is 92.2 Å². The van der Waals surface area contributed by atoms with Gasteiger partial charge in [-0.15, -0.1) is 0 Å². The first kappa shape index (κ1) is 50.7. The van der Waals surface area contributed by atoms with Gasteiger partial charge in [0.2, 0.25) is 29.5 Å². The number of halogens is 1. The lowest BCUT2D eigenvalue weighted by Gasteiger charge is -2.77. The number of nitrogens with one attached hydrogen (secondary N) is 4. The Kier molecular flexibility index (Phi) is 15.6. The molecule has 19 heteroatoms. The highest BCUT2D eigenvalue weighted by Crippen LogP contribution is 2.79. The van der Waals surface area contributed by atoms with Crippen LogP contribution in [-0.2, 0) is 49.3 Å². The lowest BCUT2D eigenvalue weighted by Crippen LogP contribution is -2.76. The summed E-state index contributed by atoms with van der Waals surface area (Å²) < 4.78 is 13.7. The van der Waals surface area contributed by atoms with Crippen molar-refractivity contribution in [3.63, 3.8) is 0 Å². The lowest BCUT2D eigenvalue weighted by molar-refractivity contribution is -0.310. The van der Waals surface area contributed by atoms with Crippen LogP contribution in [0.15, 0.2) is 24.3 Å². The van der Waals surface area contributed by atoms with Gasteiger partial charge < -0.3 is 51.4 Å². The third-order valence-corrected chi connectivity index (χ3v) is 15.5. The Hall–Kier alpha value is -4.26. The Morgan fingerprint density at radius 3 is 2.06 bits per heavy atom. The van der Waals surface area contributed by atoms with Gasteiger partial charge in [0.1, 0.15) is 24.2 Å². The molecule has 0 unspecified atom stereocenters. The maximum absolute atomic E-state index is 14.5. The minimum Gasteiger partial charge on any atom is -0.481 e. The number of nitrogens with zero attached hydrogens (tertiary/aromatic N) is 1.